The van der Waals surface area contributed by atoms with Crippen LogP contribution in [0.25, 0.3) is 0 Å². The minimum atomic E-state index is -0.343. The lowest BCUT2D eigenvalue weighted by atomic mass is 10.0. The van der Waals surface area contributed by atoms with Gasteiger partial charge in [0.25, 0.3) is 5.91 Å². The second kappa shape index (κ2) is 6.69. The van der Waals surface area contributed by atoms with Gasteiger partial charge in [0.05, 0.1) is 12.6 Å². The molecule has 0 aliphatic carbocycles. The number of carbonyl (C=O) groups is 1. The molecule has 3 rings (SSSR count). The van der Waals surface area contributed by atoms with E-state index in [0.29, 0.717) is 30.1 Å². The SMILES string of the molecule is Cc1ccccc1OCC(=O)NC1CCOc2ccc(F)cc21. The minimum Gasteiger partial charge on any atom is -0.493 e. The molecule has 23 heavy (non-hydrogen) atoms. The summed E-state index contributed by atoms with van der Waals surface area (Å²) in [4.78, 5) is 12.1. The Hall–Kier alpha value is -2.56. The van der Waals surface area contributed by atoms with Crippen molar-refractivity contribution in [2.45, 2.75) is 19.4 Å². The number of amides is 1. The summed E-state index contributed by atoms with van der Waals surface area (Å²) in [5.74, 6) is 0.712. The van der Waals surface area contributed by atoms with Crippen LogP contribution in [0.5, 0.6) is 11.5 Å². The molecule has 0 saturated carbocycles. The molecule has 1 aliphatic heterocycles. The molecule has 4 nitrogen and oxygen atoms in total. The van der Waals surface area contributed by atoms with E-state index in [9.17, 15) is 9.18 Å². The topological polar surface area (TPSA) is 47.6 Å². The Bertz CT molecular complexity index is 717. The fraction of sp³-hybridized carbons (Fsp3) is 0.278. The van der Waals surface area contributed by atoms with E-state index in [1.807, 2.05) is 31.2 Å². The lowest BCUT2D eigenvalue weighted by Crippen LogP contribution is -2.35. The highest BCUT2D eigenvalue weighted by atomic mass is 19.1. The summed E-state index contributed by atoms with van der Waals surface area (Å²) < 4.78 is 24.4. The normalized spacial score (nSPS) is 16.2. The lowest BCUT2D eigenvalue weighted by molar-refractivity contribution is -0.124. The van der Waals surface area contributed by atoms with Crippen molar-refractivity contribution in [1.82, 2.24) is 5.32 Å². The van der Waals surface area contributed by atoms with Gasteiger partial charge in [0.1, 0.15) is 17.3 Å². The Kier molecular flexibility index (Phi) is 4.46. The summed E-state index contributed by atoms with van der Waals surface area (Å²) in [6, 6.07) is 11.6. The molecule has 0 fully saturated rings. The number of rotatable bonds is 4. The number of ether oxygens (including phenoxy) is 2. The molecular formula is C18H18FNO3. The number of carbonyl (C=O) groups excluding carboxylic acids is 1. The van der Waals surface area contributed by atoms with Crippen LogP contribution in [-0.4, -0.2) is 19.1 Å². The molecule has 0 aromatic heterocycles. The maximum absolute atomic E-state index is 13.4. The summed E-state index contributed by atoms with van der Waals surface area (Å²) in [5.41, 5.74) is 1.64. The van der Waals surface area contributed by atoms with Crippen molar-refractivity contribution in [2.24, 2.45) is 0 Å². The molecule has 0 radical (unpaired) electrons. The third kappa shape index (κ3) is 3.62. The molecule has 120 valence electrons. The van der Waals surface area contributed by atoms with E-state index >= 15 is 0 Å². The standard InChI is InChI=1S/C18H18FNO3/c1-12-4-2-3-5-16(12)23-11-18(21)20-15-8-9-22-17-7-6-13(19)10-14(15)17/h2-7,10,15H,8-9,11H2,1H3,(H,20,21). The summed E-state index contributed by atoms with van der Waals surface area (Å²) >= 11 is 0. The van der Waals surface area contributed by atoms with Gasteiger partial charge in [-0.15, -0.1) is 0 Å². The second-order valence-corrected chi connectivity index (χ2v) is 5.49. The highest BCUT2D eigenvalue weighted by Gasteiger charge is 2.23. The average Bonchev–Trinajstić information content (AvgIpc) is 2.55. The van der Waals surface area contributed by atoms with E-state index in [0.717, 1.165) is 5.56 Å². The molecule has 0 bridgehead atoms. The fourth-order valence-electron chi connectivity index (χ4n) is 2.61. The molecular weight excluding hydrogens is 297 g/mol. The van der Waals surface area contributed by atoms with Crippen LogP contribution in [0, 0.1) is 12.7 Å². The number of aryl methyl sites for hydroxylation is 1. The quantitative estimate of drug-likeness (QED) is 0.943. The van der Waals surface area contributed by atoms with Gasteiger partial charge in [-0.05, 0) is 36.8 Å². The largest absolute Gasteiger partial charge is 0.493 e. The van der Waals surface area contributed by atoms with Crippen LogP contribution in [0.15, 0.2) is 42.5 Å². The number of fused-ring (bicyclic) bond motifs is 1. The zero-order valence-corrected chi connectivity index (χ0v) is 12.8. The van der Waals surface area contributed by atoms with Crippen LogP contribution in [0.2, 0.25) is 0 Å². The van der Waals surface area contributed by atoms with Crippen LogP contribution in [0.4, 0.5) is 4.39 Å². The van der Waals surface area contributed by atoms with Crippen molar-refractivity contribution in [3.05, 3.63) is 59.4 Å². The molecule has 1 heterocycles. The van der Waals surface area contributed by atoms with Crippen molar-refractivity contribution >= 4 is 5.91 Å². The zero-order valence-electron chi connectivity index (χ0n) is 12.8. The van der Waals surface area contributed by atoms with Crippen molar-refractivity contribution in [3.8, 4) is 11.5 Å². The van der Waals surface area contributed by atoms with E-state index in [1.54, 1.807) is 6.07 Å². The van der Waals surface area contributed by atoms with Crippen molar-refractivity contribution in [3.63, 3.8) is 0 Å². The zero-order chi connectivity index (χ0) is 16.2. The van der Waals surface area contributed by atoms with Crippen molar-refractivity contribution in [1.29, 1.82) is 0 Å². The Morgan fingerprint density at radius 1 is 1.35 bits per heavy atom. The maximum Gasteiger partial charge on any atom is 0.258 e. The number of hydrogen-bond donors (Lipinski definition) is 1. The number of hydrogen-bond acceptors (Lipinski definition) is 3. The highest BCUT2D eigenvalue weighted by molar-refractivity contribution is 5.78. The summed E-state index contributed by atoms with van der Waals surface area (Å²) in [6.07, 6.45) is 0.604. The van der Waals surface area contributed by atoms with Gasteiger partial charge < -0.3 is 14.8 Å². The van der Waals surface area contributed by atoms with Crippen LogP contribution in [0.1, 0.15) is 23.6 Å². The van der Waals surface area contributed by atoms with E-state index in [2.05, 4.69) is 5.32 Å². The summed E-state index contributed by atoms with van der Waals surface area (Å²) in [6.45, 7) is 2.33. The molecule has 1 amide bonds. The first kappa shape index (κ1) is 15.3. The van der Waals surface area contributed by atoms with Gasteiger partial charge in [-0.25, -0.2) is 4.39 Å². The monoisotopic (exact) mass is 315 g/mol. The number of nitrogens with one attached hydrogen (secondary N) is 1. The van der Waals surface area contributed by atoms with E-state index in [1.165, 1.54) is 12.1 Å². The Morgan fingerprint density at radius 3 is 3.00 bits per heavy atom. The van der Waals surface area contributed by atoms with Gasteiger partial charge in [0.15, 0.2) is 6.61 Å². The first-order valence-electron chi connectivity index (χ1n) is 7.53. The van der Waals surface area contributed by atoms with Crippen molar-refractivity contribution in [2.75, 3.05) is 13.2 Å². The minimum absolute atomic E-state index is 0.0765. The van der Waals surface area contributed by atoms with Gasteiger partial charge in [0, 0.05) is 12.0 Å². The van der Waals surface area contributed by atoms with Gasteiger partial charge in [-0.2, -0.15) is 0 Å². The van der Waals surface area contributed by atoms with Crippen LogP contribution < -0.4 is 14.8 Å². The molecule has 1 unspecified atom stereocenters. The number of para-hydroxylation sites is 1. The fourth-order valence-corrected chi connectivity index (χ4v) is 2.61. The van der Waals surface area contributed by atoms with Gasteiger partial charge >= 0.3 is 0 Å². The molecule has 2 aromatic carbocycles. The number of benzene rings is 2. The molecule has 1 atom stereocenters. The first-order chi connectivity index (χ1) is 11.1. The molecule has 5 heteroatoms. The van der Waals surface area contributed by atoms with Crippen LogP contribution >= 0.6 is 0 Å². The second-order valence-electron chi connectivity index (χ2n) is 5.49. The van der Waals surface area contributed by atoms with Crippen LogP contribution in [-0.2, 0) is 4.79 Å². The predicted octanol–water partition coefficient (Wildman–Crippen LogP) is 3.15. The lowest BCUT2D eigenvalue weighted by Gasteiger charge is -2.26. The summed E-state index contributed by atoms with van der Waals surface area (Å²) in [5, 5.41) is 2.88. The third-order valence-electron chi connectivity index (χ3n) is 3.80. The molecule has 1 aliphatic rings. The first-order valence-corrected chi connectivity index (χ1v) is 7.53. The average molecular weight is 315 g/mol. The molecule has 0 spiro atoms. The van der Waals surface area contributed by atoms with Gasteiger partial charge in [0.2, 0.25) is 0 Å². The third-order valence-corrected chi connectivity index (χ3v) is 3.80. The Morgan fingerprint density at radius 2 is 2.17 bits per heavy atom. The van der Waals surface area contributed by atoms with E-state index in [-0.39, 0.29) is 24.4 Å². The van der Waals surface area contributed by atoms with Crippen LogP contribution in [0.3, 0.4) is 0 Å². The maximum atomic E-state index is 13.4. The highest BCUT2D eigenvalue weighted by Crippen LogP contribution is 2.32. The number of halogens is 1. The molecule has 0 saturated heterocycles. The Labute approximate surface area is 134 Å². The summed E-state index contributed by atoms with van der Waals surface area (Å²) in [7, 11) is 0. The molecule has 2 aromatic rings. The van der Waals surface area contributed by atoms with Gasteiger partial charge in [-0.1, -0.05) is 18.2 Å². The van der Waals surface area contributed by atoms with E-state index < -0.39 is 0 Å². The Balaban J connectivity index is 1.63. The molecule has 1 N–H and O–H groups in total. The van der Waals surface area contributed by atoms with E-state index in [4.69, 9.17) is 9.47 Å². The van der Waals surface area contributed by atoms with Gasteiger partial charge in [-0.3, -0.25) is 4.79 Å². The smallest absolute Gasteiger partial charge is 0.258 e. The van der Waals surface area contributed by atoms with Crippen molar-refractivity contribution < 1.29 is 18.7 Å². The predicted molar refractivity (Wildman–Crippen MR) is 84.1 cm³/mol.